The van der Waals surface area contributed by atoms with Gasteiger partial charge in [-0.25, -0.2) is 4.79 Å². The Labute approximate surface area is 140 Å². The summed E-state index contributed by atoms with van der Waals surface area (Å²) in [6, 6.07) is 5.54. The third-order valence-corrected chi connectivity index (χ3v) is 4.17. The summed E-state index contributed by atoms with van der Waals surface area (Å²) < 4.78 is 9.67. The molecule has 8 heteroatoms. The first-order valence-electron chi connectivity index (χ1n) is 7.85. The summed E-state index contributed by atoms with van der Waals surface area (Å²) in [6.07, 6.45) is 0. The number of nitrogens with zero attached hydrogens (tertiary/aromatic N) is 2. The Morgan fingerprint density at radius 1 is 1.38 bits per heavy atom. The van der Waals surface area contributed by atoms with Crippen LogP contribution in [0, 0.1) is 10.1 Å². The zero-order chi connectivity index (χ0) is 17.7. The van der Waals surface area contributed by atoms with E-state index in [4.69, 9.17) is 4.74 Å². The molecule has 0 bridgehead atoms. The summed E-state index contributed by atoms with van der Waals surface area (Å²) in [7, 11) is 1.24. The molecule has 1 aromatic carbocycles. The lowest BCUT2D eigenvalue weighted by Gasteiger charge is -2.39. The van der Waals surface area contributed by atoms with Gasteiger partial charge in [0.05, 0.1) is 12.0 Å². The zero-order valence-corrected chi connectivity index (χ0v) is 14.2. The van der Waals surface area contributed by atoms with E-state index < -0.39 is 10.9 Å². The number of nitrogens with one attached hydrogen (secondary N) is 1. The minimum Gasteiger partial charge on any atom is -0.475 e. The topological polar surface area (TPSA) is 93.9 Å². The number of nitro benzene ring substituents is 1. The molecule has 0 amide bonds. The number of esters is 1. The van der Waals surface area contributed by atoms with Gasteiger partial charge in [-0.2, -0.15) is 0 Å². The number of piperazine rings is 1. The van der Waals surface area contributed by atoms with Gasteiger partial charge in [-0.05, 0) is 25.5 Å². The van der Waals surface area contributed by atoms with Crippen LogP contribution >= 0.6 is 0 Å². The maximum absolute atomic E-state index is 11.3. The molecule has 0 unspecified atom stereocenters. The molecule has 0 aromatic heterocycles. The van der Waals surface area contributed by atoms with Gasteiger partial charge in [0.25, 0.3) is 0 Å². The average Bonchev–Trinajstić information content (AvgIpc) is 2.56. The number of nitro groups is 1. The van der Waals surface area contributed by atoms with Crippen molar-refractivity contribution in [3.8, 4) is 5.75 Å². The van der Waals surface area contributed by atoms with Crippen molar-refractivity contribution in [3.63, 3.8) is 0 Å². The van der Waals surface area contributed by atoms with Crippen molar-refractivity contribution in [1.29, 1.82) is 0 Å². The standard InChI is InChI=1S/C16H23N3O5/c1-11-7-17-8-12(2)18(11)9-13-4-5-15(14(6-13)19(21)22)24-10-16(20)23-3/h4-6,11-12,17H,7-10H2,1-3H3/t11-,12+. The first-order chi connectivity index (χ1) is 11.4. The van der Waals surface area contributed by atoms with E-state index in [0.717, 1.165) is 18.7 Å². The Morgan fingerprint density at radius 2 is 2.04 bits per heavy atom. The minimum atomic E-state index is -0.586. The number of carbonyl (C=O) groups excluding carboxylic acids is 1. The van der Waals surface area contributed by atoms with Crippen LogP contribution in [0.15, 0.2) is 18.2 Å². The lowest BCUT2D eigenvalue weighted by atomic mass is 10.1. The smallest absolute Gasteiger partial charge is 0.343 e. The lowest BCUT2D eigenvalue weighted by molar-refractivity contribution is -0.385. The van der Waals surface area contributed by atoms with Crippen molar-refractivity contribution in [3.05, 3.63) is 33.9 Å². The van der Waals surface area contributed by atoms with Crippen LogP contribution in [0.5, 0.6) is 5.75 Å². The highest BCUT2D eigenvalue weighted by Crippen LogP contribution is 2.29. The van der Waals surface area contributed by atoms with Crippen LogP contribution in [0.1, 0.15) is 19.4 Å². The molecule has 1 fully saturated rings. The van der Waals surface area contributed by atoms with Crippen molar-refractivity contribution in [1.82, 2.24) is 10.2 Å². The third-order valence-electron chi connectivity index (χ3n) is 4.17. The second-order valence-electron chi connectivity index (χ2n) is 5.95. The minimum absolute atomic E-state index is 0.0653. The van der Waals surface area contributed by atoms with Gasteiger partial charge in [-0.3, -0.25) is 15.0 Å². The van der Waals surface area contributed by atoms with E-state index in [1.54, 1.807) is 6.07 Å². The highest BCUT2D eigenvalue weighted by atomic mass is 16.6. The van der Waals surface area contributed by atoms with Gasteiger partial charge in [-0.1, -0.05) is 6.07 Å². The molecule has 132 valence electrons. The predicted octanol–water partition coefficient (Wildman–Crippen LogP) is 1.33. The molecular formula is C16H23N3O5. The second-order valence-corrected chi connectivity index (χ2v) is 5.95. The Balaban J connectivity index is 2.15. The van der Waals surface area contributed by atoms with E-state index in [1.807, 2.05) is 0 Å². The van der Waals surface area contributed by atoms with Crippen LogP contribution in [0.3, 0.4) is 0 Å². The van der Waals surface area contributed by atoms with Crippen molar-refractivity contribution in [2.75, 3.05) is 26.8 Å². The van der Waals surface area contributed by atoms with Crippen LogP contribution in [-0.2, 0) is 16.1 Å². The number of hydrogen-bond donors (Lipinski definition) is 1. The number of carbonyl (C=O) groups is 1. The highest BCUT2D eigenvalue weighted by Gasteiger charge is 2.25. The first kappa shape index (κ1) is 18.2. The number of hydrogen-bond acceptors (Lipinski definition) is 7. The Morgan fingerprint density at radius 3 is 2.62 bits per heavy atom. The molecule has 8 nitrogen and oxygen atoms in total. The van der Waals surface area contributed by atoms with Gasteiger partial charge in [0.15, 0.2) is 12.4 Å². The first-order valence-corrected chi connectivity index (χ1v) is 7.85. The van der Waals surface area contributed by atoms with Crippen LogP contribution < -0.4 is 10.1 Å². The molecule has 1 saturated heterocycles. The normalized spacial score (nSPS) is 21.3. The highest BCUT2D eigenvalue weighted by molar-refractivity contribution is 5.71. The molecule has 24 heavy (non-hydrogen) atoms. The molecule has 1 N–H and O–H groups in total. The maximum atomic E-state index is 11.3. The van der Waals surface area contributed by atoms with Crippen molar-refractivity contribution in [2.24, 2.45) is 0 Å². The van der Waals surface area contributed by atoms with E-state index in [1.165, 1.54) is 19.2 Å². The maximum Gasteiger partial charge on any atom is 0.343 e. The van der Waals surface area contributed by atoms with E-state index in [0.29, 0.717) is 18.6 Å². The molecule has 0 radical (unpaired) electrons. The SMILES string of the molecule is COC(=O)COc1ccc(CN2[C@H](C)CNC[C@@H]2C)cc1[N+](=O)[O-]. The van der Waals surface area contributed by atoms with Crippen molar-refractivity contribution < 1.29 is 19.2 Å². The van der Waals surface area contributed by atoms with Crippen molar-refractivity contribution in [2.45, 2.75) is 32.5 Å². The Hall–Kier alpha value is -2.19. The van der Waals surface area contributed by atoms with Gasteiger partial charge in [0.2, 0.25) is 0 Å². The summed E-state index contributed by atoms with van der Waals surface area (Å²) in [5, 5.41) is 14.7. The predicted molar refractivity (Wildman–Crippen MR) is 87.9 cm³/mol. The summed E-state index contributed by atoms with van der Waals surface area (Å²) in [6.45, 7) is 6.32. The van der Waals surface area contributed by atoms with Gasteiger partial charge in [-0.15, -0.1) is 0 Å². The summed E-state index contributed by atoms with van der Waals surface area (Å²) >= 11 is 0. The number of methoxy groups -OCH3 is 1. The Kier molecular flexibility index (Phi) is 6.10. The summed E-state index contributed by atoms with van der Waals surface area (Å²) in [5.74, 6) is -0.521. The second kappa shape index (κ2) is 8.07. The monoisotopic (exact) mass is 337 g/mol. The van der Waals surface area contributed by atoms with Gasteiger partial charge >= 0.3 is 11.7 Å². The number of rotatable bonds is 6. The quantitative estimate of drug-likeness (QED) is 0.475. The van der Waals surface area contributed by atoms with E-state index in [2.05, 4.69) is 28.8 Å². The fourth-order valence-electron chi connectivity index (χ4n) is 2.81. The molecule has 0 aliphatic carbocycles. The van der Waals surface area contributed by atoms with E-state index >= 15 is 0 Å². The van der Waals surface area contributed by atoms with Crippen LogP contribution in [0.25, 0.3) is 0 Å². The molecule has 1 aromatic rings. The average molecular weight is 337 g/mol. The molecule has 2 atom stereocenters. The fraction of sp³-hybridized carbons (Fsp3) is 0.562. The van der Waals surface area contributed by atoms with Crippen molar-refractivity contribution >= 4 is 11.7 Å². The largest absolute Gasteiger partial charge is 0.475 e. The number of benzene rings is 1. The van der Waals surface area contributed by atoms with Crippen LogP contribution in [-0.4, -0.2) is 54.7 Å². The Bertz CT molecular complexity index is 597. The van der Waals surface area contributed by atoms with Crippen LogP contribution in [0.2, 0.25) is 0 Å². The van der Waals surface area contributed by atoms with Gasteiger partial charge in [0.1, 0.15) is 0 Å². The molecule has 0 saturated carbocycles. The zero-order valence-electron chi connectivity index (χ0n) is 14.2. The fourth-order valence-corrected chi connectivity index (χ4v) is 2.81. The summed E-state index contributed by atoms with van der Waals surface area (Å²) in [5.41, 5.74) is 0.694. The number of ether oxygens (including phenoxy) is 2. The van der Waals surface area contributed by atoms with Gasteiger partial charge in [0, 0.05) is 37.8 Å². The summed E-state index contributed by atoms with van der Waals surface area (Å²) in [4.78, 5) is 24.2. The van der Waals surface area contributed by atoms with Gasteiger partial charge < -0.3 is 14.8 Å². The molecule has 1 heterocycles. The van der Waals surface area contributed by atoms with E-state index in [9.17, 15) is 14.9 Å². The molecule has 1 aliphatic heterocycles. The molecular weight excluding hydrogens is 314 g/mol. The molecule has 0 spiro atoms. The molecule has 1 aliphatic rings. The van der Waals surface area contributed by atoms with E-state index in [-0.39, 0.29) is 18.0 Å². The molecule has 2 rings (SSSR count). The lowest BCUT2D eigenvalue weighted by Crippen LogP contribution is -2.54. The third kappa shape index (κ3) is 4.42. The van der Waals surface area contributed by atoms with Crippen LogP contribution in [0.4, 0.5) is 5.69 Å².